The highest BCUT2D eigenvalue weighted by Gasteiger charge is 2.16. The van der Waals surface area contributed by atoms with E-state index in [2.05, 4.69) is 15.6 Å². The molecule has 5 nitrogen and oxygen atoms in total. The second-order valence-electron chi connectivity index (χ2n) is 5.18. The van der Waals surface area contributed by atoms with Crippen molar-refractivity contribution in [2.75, 3.05) is 6.54 Å². The van der Waals surface area contributed by atoms with Gasteiger partial charge in [-0.25, -0.2) is 4.68 Å². The van der Waals surface area contributed by atoms with E-state index >= 15 is 0 Å². The number of rotatable bonds is 4. The number of phenols is 1. The Morgan fingerprint density at radius 2 is 2.35 bits per heavy atom. The van der Waals surface area contributed by atoms with Crippen LogP contribution in [0.25, 0.3) is 0 Å². The number of aromatic hydroxyl groups is 1. The van der Waals surface area contributed by atoms with E-state index < -0.39 is 0 Å². The molecule has 1 saturated heterocycles. The van der Waals surface area contributed by atoms with Crippen LogP contribution in [-0.2, 0) is 13.0 Å². The van der Waals surface area contributed by atoms with E-state index in [9.17, 15) is 5.11 Å². The van der Waals surface area contributed by atoms with E-state index in [-0.39, 0.29) is 5.75 Å². The van der Waals surface area contributed by atoms with Gasteiger partial charge in [0.05, 0.1) is 12.2 Å². The van der Waals surface area contributed by atoms with E-state index in [0.29, 0.717) is 17.6 Å². The van der Waals surface area contributed by atoms with Crippen LogP contribution in [0, 0.1) is 0 Å². The molecule has 0 bridgehead atoms. The van der Waals surface area contributed by atoms with Crippen molar-refractivity contribution in [2.24, 2.45) is 0 Å². The summed E-state index contributed by atoms with van der Waals surface area (Å²) in [6.45, 7) is 1.61. The highest BCUT2D eigenvalue weighted by Crippen LogP contribution is 2.22. The fourth-order valence-corrected chi connectivity index (χ4v) is 2.73. The lowest BCUT2D eigenvalue weighted by Gasteiger charge is -2.06. The van der Waals surface area contributed by atoms with Gasteiger partial charge in [0.2, 0.25) is 0 Å². The number of halogens is 1. The Kier molecular flexibility index (Phi) is 3.89. The van der Waals surface area contributed by atoms with Gasteiger partial charge in [0.25, 0.3) is 0 Å². The van der Waals surface area contributed by atoms with Crippen molar-refractivity contribution >= 4 is 11.6 Å². The molecule has 0 spiro atoms. The van der Waals surface area contributed by atoms with Gasteiger partial charge in [-0.05, 0) is 43.1 Å². The average molecular weight is 293 g/mol. The Morgan fingerprint density at radius 1 is 1.45 bits per heavy atom. The van der Waals surface area contributed by atoms with Crippen molar-refractivity contribution in [1.82, 2.24) is 20.3 Å². The number of nitrogens with one attached hydrogen (secondary N) is 1. The molecule has 3 rings (SSSR count). The standard InChI is InChI=1S/C14H17ClN4O/c15-14-4-3-13(20)6-10(14)8-19-9-12(17-18-19)7-11-2-1-5-16-11/h3-4,6,9,11,16,20H,1-2,5,7-8H2. The SMILES string of the molecule is Oc1ccc(Cl)c(Cn2cc(CC3CCCN3)nn2)c1. The van der Waals surface area contributed by atoms with Gasteiger partial charge in [-0.3, -0.25) is 0 Å². The summed E-state index contributed by atoms with van der Waals surface area (Å²) in [5, 5.41) is 21.9. The first-order valence-electron chi connectivity index (χ1n) is 6.80. The number of hydrogen-bond donors (Lipinski definition) is 2. The average Bonchev–Trinajstić information content (AvgIpc) is 3.07. The minimum absolute atomic E-state index is 0.208. The molecule has 106 valence electrons. The quantitative estimate of drug-likeness (QED) is 0.904. The predicted molar refractivity (Wildman–Crippen MR) is 77.0 cm³/mol. The van der Waals surface area contributed by atoms with Crippen LogP contribution < -0.4 is 5.32 Å². The number of benzene rings is 1. The molecule has 2 N–H and O–H groups in total. The van der Waals surface area contributed by atoms with Crippen LogP contribution in [0.1, 0.15) is 24.1 Å². The van der Waals surface area contributed by atoms with Crippen molar-refractivity contribution in [3.8, 4) is 5.75 Å². The summed E-state index contributed by atoms with van der Waals surface area (Å²) < 4.78 is 1.75. The van der Waals surface area contributed by atoms with E-state index in [1.54, 1.807) is 22.9 Å². The molecule has 2 heterocycles. The molecule has 0 amide bonds. The number of phenolic OH excluding ortho intramolecular Hbond substituents is 1. The zero-order valence-electron chi connectivity index (χ0n) is 11.1. The molecular formula is C14H17ClN4O. The summed E-state index contributed by atoms with van der Waals surface area (Å²) in [7, 11) is 0. The molecule has 1 fully saturated rings. The highest BCUT2D eigenvalue weighted by molar-refractivity contribution is 6.31. The third-order valence-corrected chi connectivity index (χ3v) is 3.93. The summed E-state index contributed by atoms with van der Waals surface area (Å²) in [5.41, 5.74) is 1.82. The molecule has 0 aliphatic carbocycles. The second kappa shape index (κ2) is 5.81. The first kappa shape index (κ1) is 13.4. The van der Waals surface area contributed by atoms with Crippen LogP contribution in [0.3, 0.4) is 0 Å². The maximum Gasteiger partial charge on any atom is 0.116 e. The maximum atomic E-state index is 9.50. The van der Waals surface area contributed by atoms with E-state index in [1.165, 1.54) is 12.8 Å². The van der Waals surface area contributed by atoms with Gasteiger partial charge in [-0.1, -0.05) is 16.8 Å². The molecule has 20 heavy (non-hydrogen) atoms. The largest absolute Gasteiger partial charge is 0.508 e. The fourth-order valence-electron chi connectivity index (χ4n) is 2.55. The molecule has 1 aliphatic heterocycles. The molecule has 1 aliphatic rings. The third-order valence-electron chi connectivity index (χ3n) is 3.57. The number of hydrogen-bond acceptors (Lipinski definition) is 4. The Morgan fingerprint density at radius 3 is 3.15 bits per heavy atom. The summed E-state index contributed by atoms with van der Waals surface area (Å²) in [6, 6.07) is 5.43. The minimum Gasteiger partial charge on any atom is -0.508 e. The first-order valence-corrected chi connectivity index (χ1v) is 7.18. The maximum absolute atomic E-state index is 9.50. The Labute approximate surface area is 122 Å². The summed E-state index contributed by atoms with van der Waals surface area (Å²) in [5.74, 6) is 0.208. The van der Waals surface area contributed by atoms with E-state index in [4.69, 9.17) is 11.6 Å². The summed E-state index contributed by atoms with van der Waals surface area (Å²) in [4.78, 5) is 0. The summed E-state index contributed by atoms with van der Waals surface area (Å²) >= 11 is 6.11. The molecule has 1 atom stereocenters. The van der Waals surface area contributed by atoms with Crippen molar-refractivity contribution in [1.29, 1.82) is 0 Å². The van der Waals surface area contributed by atoms with Gasteiger partial charge in [-0.2, -0.15) is 0 Å². The van der Waals surface area contributed by atoms with Crippen molar-refractivity contribution in [3.05, 3.63) is 40.7 Å². The van der Waals surface area contributed by atoms with Gasteiger partial charge >= 0.3 is 0 Å². The summed E-state index contributed by atoms with van der Waals surface area (Å²) in [6.07, 6.45) is 5.29. The van der Waals surface area contributed by atoms with Crippen molar-refractivity contribution < 1.29 is 5.11 Å². The molecular weight excluding hydrogens is 276 g/mol. The van der Waals surface area contributed by atoms with Gasteiger partial charge < -0.3 is 10.4 Å². The third kappa shape index (κ3) is 3.11. The molecule has 0 radical (unpaired) electrons. The van der Waals surface area contributed by atoms with Crippen LogP contribution in [0.2, 0.25) is 5.02 Å². The Balaban J connectivity index is 1.68. The van der Waals surface area contributed by atoms with Gasteiger partial charge in [-0.15, -0.1) is 5.10 Å². The fraction of sp³-hybridized carbons (Fsp3) is 0.429. The van der Waals surface area contributed by atoms with E-state index in [1.807, 2.05) is 6.20 Å². The lowest BCUT2D eigenvalue weighted by atomic mass is 10.1. The van der Waals surface area contributed by atoms with Crippen LogP contribution in [-0.4, -0.2) is 32.7 Å². The zero-order chi connectivity index (χ0) is 13.9. The van der Waals surface area contributed by atoms with E-state index in [0.717, 1.165) is 24.2 Å². The van der Waals surface area contributed by atoms with Crippen molar-refractivity contribution in [3.63, 3.8) is 0 Å². The normalized spacial score (nSPS) is 18.6. The van der Waals surface area contributed by atoms with Crippen LogP contribution in [0.5, 0.6) is 5.75 Å². The van der Waals surface area contributed by atoms with Gasteiger partial charge in [0.15, 0.2) is 0 Å². The molecule has 6 heteroatoms. The predicted octanol–water partition coefficient (Wildman–Crippen LogP) is 1.98. The zero-order valence-corrected chi connectivity index (χ0v) is 11.8. The minimum atomic E-state index is 0.208. The molecule has 1 unspecified atom stereocenters. The Bertz CT molecular complexity index is 593. The van der Waals surface area contributed by atoms with Gasteiger partial charge in [0, 0.05) is 23.7 Å². The lowest BCUT2D eigenvalue weighted by Crippen LogP contribution is -2.23. The smallest absolute Gasteiger partial charge is 0.116 e. The molecule has 0 saturated carbocycles. The van der Waals surface area contributed by atoms with Crippen LogP contribution in [0.15, 0.2) is 24.4 Å². The lowest BCUT2D eigenvalue weighted by molar-refractivity contribution is 0.474. The Hall–Kier alpha value is -1.59. The van der Waals surface area contributed by atoms with Crippen molar-refractivity contribution in [2.45, 2.75) is 31.8 Å². The number of aromatic nitrogens is 3. The number of nitrogens with zero attached hydrogens (tertiary/aromatic N) is 3. The van der Waals surface area contributed by atoms with Crippen LogP contribution in [0.4, 0.5) is 0 Å². The first-order chi connectivity index (χ1) is 9.70. The molecule has 1 aromatic heterocycles. The second-order valence-corrected chi connectivity index (χ2v) is 5.59. The van der Waals surface area contributed by atoms with Crippen LogP contribution >= 0.6 is 11.6 Å². The highest BCUT2D eigenvalue weighted by atomic mass is 35.5. The van der Waals surface area contributed by atoms with Gasteiger partial charge in [0.1, 0.15) is 5.75 Å². The monoisotopic (exact) mass is 292 g/mol. The molecule has 2 aromatic rings. The molecule has 1 aromatic carbocycles. The topological polar surface area (TPSA) is 63.0 Å².